The fourth-order valence-corrected chi connectivity index (χ4v) is 0.475. The van der Waals surface area contributed by atoms with Crippen LogP contribution < -0.4 is 11.5 Å². The topological polar surface area (TPSA) is 186 Å². The normalized spacial score (nSPS) is 10.4. The molecule has 0 aromatic heterocycles. The molecule has 0 aromatic carbocycles. The number of hydrogen-bond acceptors (Lipinski definition) is 4. The van der Waals surface area contributed by atoms with Crippen molar-refractivity contribution in [3.8, 4) is 0 Å². The zero-order chi connectivity index (χ0) is 14.9. The Bertz CT molecular complexity index is 337. The summed E-state index contributed by atoms with van der Waals surface area (Å²) in [7, 11) is 3.38. The number of aliphatic carboxylic acids is 2. The smallest absolute Gasteiger partial charge is 0.333 e. The molecule has 0 fully saturated rings. The average Bonchev–Trinajstić information content (AvgIpc) is 2.16. The van der Waals surface area contributed by atoms with Gasteiger partial charge in [0, 0.05) is 14.1 Å². The van der Waals surface area contributed by atoms with Gasteiger partial charge in [0.1, 0.15) is 0 Å². The van der Waals surface area contributed by atoms with Crippen molar-refractivity contribution in [1.29, 1.82) is 5.41 Å². The van der Waals surface area contributed by atoms with Gasteiger partial charge in [-0.05, 0) is 0 Å². The number of nitrogens with one attached hydrogen (secondary N) is 1. The number of hydrogen-bond donors (Lipinski definition) is 6. The Hall–Kier alpha value is -2.36. The molecule has 8 N–H and O–H groups in total. The van der Waals surface area contributed by atoms with Gasteiger partial charge in [0.2, 0.25) is 5.96 Å². The van der Waals surface area contributed by atoms with Crippen LogP contribution in [0.1, 0.15) is 6.42 Å². The second kappa shape index (κ2) is 8.75. The Balaban J connectivity index is 0. The zero-order valence-corrected chi connectivity index (χ0v) is 9.99. The van der Waals surface area contributed by atoms with Gasteiger partial charge in [-0.3, -0.25) is 10.2 Å². The molecule has 0 saturated heterocycles. The summed E-state index contributed by atoms with van der Waals surface area (Å²) in [4.78, 5) is 24.4. The van der Waals surface area contributed by atoms with Gasteiger partial charge in [-0.1, -0.05) is 0 Å². The second-order valence-corrected chi connectivity index (χ2v) is 3.21. The van der Waals surface area contributed by atoms with E-state index in [1.54, 1.807) is 14.1 Å². The van der Waals surface area contributed by atoms with Crippen molar-refractivity contribution < 1.29 is 24.9 Å². The van der Waals surface area contributed by atoms with Crippen LogP contribution in [0.4, 0.5) is 0 Å². The Kier molecular flexibility index (Phi) is 8.76. The molecule has 0 amide bonds. The first-order valence-electron chi connectivity index (χ1n) is 4.56. The van der Waals surface area contributed by atoms with Crippen LogP contribution in [0.3, 0.4) is 0 Å². The molecule has 0 aliphatic rings. The van der Waals surface area contributed by atoms with Crippen LogP contribution in [0.15, 0.2) is 4.99 Å². The van der Waals surface area contributed by atoms with Crippen LogP contribution in [-0.4, -0.2) is 64.3 Å². The van der Waals surface area contributed by atoms with Crippen LogP contribution in [0.2, 0.25) is 0 Å². The number of nitrogens with two attached hydrogens (primary N) is 2. The van der Waals surface area contributed by atoms with Crippen molar-refractivity contribution in [2.24, 2.45) is 16.5 Å². The molecule has 1 atom stereocenters. The maximum absolute atomic E-state index is 9.72. The number of carboxylic acids is 2. The summed E-state index contributed by atoms with van der Waals surface area (Å²) in [5.41, 5.74) is 9.98. The lowest BCUT2D eigenvalue weighted by atomic mass is 10.3. The van der Waals surface area contributed by atoms with Crippen molar-refractivity contribution in [3.63, 3.8) is 0 Å². The third kappa shape index (κ3) is 11.7. The standard InChI is InChI=1S/C4H11N5.C4H6O5/c1-9(2)4(7)8-3(5)6;5-2(4(8)9)1-3(6)7/h1-2H3,(H5,5,6,7,8);2,5H,1H2,(H,6,7)(H,8,9). The fourth-order valence-electron chi connectivity index (χ4n) is 0.475. The van der Waals surface area contributed by atoms with Crippen LogP contribution in [0, 0.1) is 5.41 Å². The van der Waals surface area contributed by atoms with Gasteiger partial charge in [0.05, 0.1) is 6.42 Å². The zero-order valence-electron chi connectivity index (χ0n) is 9.99. The number of aliphatic hydroxyl groups is 1. The fraction of sp³-hybridized carbons (Fsp3) is 0.500. The maximum Gasteiger partial charge on any atom is 0.333 e. The lowest BCUT2D eigenvalue weighted by Gasteiger charge is -2.07. The number of carbonyl (C=O) groups is 2. The summed E-state index contributed by atoms with van der Waals surface area (Å²) in [6.45, 7) is 0. The first-order valence-corrected chi connectivity index (χ1v) is 4.56. The highest BCUT2D eigenvalue weighted by molar-refractivity contribution is 5.91. The van der Waals surface area contributed by atoms with Crippen molar-refractivity contribution in [2.45, 2.75) is 12.5 Å². The molecule has 10 nitrogen and oxygen atoms in total. The number of nitrogens with zero attached hydrogens (tertiary/aromatic N) is 2. The Morgan fingerprint density at radius 2 is 1.78 bits per heavy atom. The molecule has 0 radical (unpaired) electrons. The monoisotopic (exact) mass is 263 g/mol. The molecule has 0 bridgehead atoms. The highest BCUT2D eigenvalue weighted by atomic mass is 16.4. The van der Waals surface area contributed by atoms with E-state index >= 15 is 0 Å². The maximum atomic E-state index is 9.72. The first-order chi connectivity index (χ1) is 8.07. The van der Waals surface area contributed by atoms with Crippen LogP contribution in [0.5, 0.6) is 0 Å². The van der Waals surface area contributed by atoms with E-state index in [1.165, 1.54) is 4.90 Å². The van der Waals surface area contributed by atoms with E-state index in [9.17, 15) is 9.59 Å². The first kappa shape index (κ1) is 18.0. The summed E-state index contributed by atoms with van der Waals surface area (Å²) in [5.74, 6) is -2.88. The lowest BCUT2D eigenvalue weighted by Crippen LogP contribution is -2.28. The van der Waals surface area contributed by atoms with E-state index in [1.807, 2.05) is 0 Å². The predicted molar refractivity (Wildman–Crippen MR) is 63.1 cm³/mol. The number of rotatable bonds is 3. The van der Waals surface area contributed by atoms with Gasteiger partial charge < -0.3 is 31.7 Å². The van der Waals surface area contributed by atoms with Gasteiger partial charge >= 0.3 is 11.9 Å². The lowest BCUT2D eigenvalue weighted by molar-refractivity contribution is -0.152. The highest BCUT2D eigenvalue weighted by Crippen LogP contribution is 1.89. The number of aliphatic hydroxyl groups excluding tert-OH is 1. The molecule has 0 saturated carbocycles. The van der Waals surface area contributed by atoms with Gasteiger partial charge in [-0.15, -0.1) is 0 Å². The Morgan fingerprint density at radius 3 is 1.89 bits per heavy atom. The minimum absolute atomic E-state index is 0.0509. The molecule has 18 heavy (non-hydrogen) atoms. The van der Waals surface area contributed by atoms with E-state index in [4.69, 9.17) is 32.2 Å². The molecule has 0 aliphatic heterocycles. The molecule has 10 heteroatoms. The number of carboxylic acid groups (broad SMARTS) is 2. The third-order valence-corrected chi connectivity index (χ3v) is 1.31. The van der Waals surface area contributed by atoms with E-state index in [-0.39, 0.29) is 11.9 Å². The molecule has 0 aliphatic carbocycles. The molecule has 0 rings (SSSR count). The SMILES string of the molecule is CN(C)C(=N)N=C(N)N.O=C(O)CC(O)C(=O)O. The van der Waals surface area contributed by atoms with Crippen LogP contribution in [-0.2, 0) is 9.59 Å². The molecule has 1 unspecified atom stereocenters. The average molecular weight is 263 g/mol. The van der Waals surface area contributed by atoms with Crippen LogP contribution in [0.25, 0.3) is 0 Å². The van der Waals surface area contributed by atoms with Gasteiger partial charge in [0.25, 0.3) is 0 Å². The number of guanidine groups is 2. The largest absolute Gasteiger partial charge is 0.481 e. The minimum Gasteiger partial charge on any atom is -0.481 e. The minimum atomic E-state index is -1.79. The molecule has 0 spiro atoms. The summed E-state index contributed by atoms with van der Waals surface area (Å²) in [6, 6.07) is 0. The Labute approximate surface area is 103 Å². The van der Waals surface area contributed by atoms with Crippen molar-refractivity contribution in [1.82, 2.24) is 4.90 Å². The van der Waals surface area contributed by atoms with E-state index in [0.717, 1.165) is 0 Å². The van der Waals surface area contributed by atoms with Crippen molar-refractivity contribution in [2.75, 3.05) is 14.1 Å². The summed E-state index contributed by atoms with van der Waals surface area (Å²) in [5, 5.41) is 31.2. The molecular formula is C8H17N5O5. The molecular weight excluding hydrogens is 246 g/mol. The van der Waals surface area contributed by atoms with Gasteiger partial charge in [0.15, 0.2) is 12.1 Å². The summed E-state index contributed by atoms with van der Waals surface area (Å²) < 4.78 is 0. The Morgan fingerprint density at radius 1 is 1.33 bits per heavy atom. The van der Waals surface area contributed by atoms with Crippen molar-refractivity contribution in [3.05, 3.63) is 0 Å². The molecule has 104 valence electrons. The van der Waals surface area contributed by atoms with E-state index in [0.29, 0.717) is 0 Å². The third-order valence-electron chi connectivity index (χ3n) is 1.31. The van der Waals surface area contributed by atoms with Crippen molar-refractivity contribution >= 4 is 23.9 Å². The summed E-state index contributed by atoms with van der Waals surface area (Å²) in [6.07, 6.45) is -2.54. The predicted octanol–water partition coefficient (Wildman–Crippen LogP) is -2.34. The quantitative estimate of drug-likeness (QED) is 0.241. The van der Waals surface area contributed by atoms with Crippen LogP contribution >= 0.6 is 0 Å². The highest BCUT2D eigenvalue weighted by Gasteiger charge is 2.16. The summed E-state index contributed by atoms with van der Waals surface area (Å²) >= 11 is 0. The number of aliphatic imine (C=N–C) groups is 1. The molecule has 0 heterocycles. The second-order valence-electron chi connectivity index (χ2n) is 3.21. The van der Waals surface area contributed by atoms with E-state index in [2.05, 4.69) is 4.99 Å². The van der Waals surface area contributed by atoms with Gasteiger partial charge in [-0.2, -0.15) is 4.99 Å². The van der Waals surface area contributed by atoms with E-state index < -0.39 is 24.5 Å². The molecule has 0 aromatic rings. The van der Waals surface area contributed by atoms with Gasteiger partial charge in [-0.25, -0.2) is 4.79 Å².